The topological polar surface area (TPSA) is 104 Å². The number of ether oxygens (including phenoxy) is 2. The van der Waals surface area contributed by atoms with Gasteiger partial charge in [0.25, 0.3) is 5.22 Å². The van der Waals surface area contributed by atoms with Gasteiger partial charge < -0.3 is 23.2 Å². The fraction of sp³-hybridized carbons (Fsp3) is 0.304. The van der Waals surface area contributed by atoms with E-state index in [-0.39, 0.29) is 24.4 Å². The summed E-state index contributed by atoms with van der Waals surface area (Å²) in [7, 11) is 0. The van der Waals surface area contributed by atoms with Crippen molar-refractivity contribution in [2.75, 3.05) is 25.6 Å². The number of nitrogens with zero attached hydrogens (tertiary/aromatic N) is 4. The Labute approximate surface area is 193 Å². The number of oxazole rings is 1. The fourth-order valence-corrected chi connectivity index (χ4v) is 4.74. The number of carbonyl (C=O) groups excluding carboxylic acids is 1. The molecule has 33 heavy (non-hydrogen) atoms. The normalized spacial score (nSPS) is 15.9. The van der Waals surface area contributed by atoms with Crippen LogP contribution in [0.2, 0.25) is 0 Å². The average molecular weight is 465 g/mol. The number of benzene rings is 2. The molecule has 0 spiro atoms. The van der Waals surface area contributed by atoms with Crippen molar-refractivity contribution in [3.05, 3.63) is 48.4 Å². The lowest BCUT2D eigenvalue weighted by atomic mass is 9.97. The second-order valence-corrected chi connectivity index (χ2v) is 8.83. The van der Waals surface area contributed by atoms with Gasteiger partial charge >= 0.3 is 0 Å². The second kappa shape index (κ2) is 8.43. The Hall–Kier alpha value is -3.53. The van der Waals surface area contributed by atoms with Gasteiger partial charge in [-0.1, -0.05) is 23.9 Å². The molecule has 2 aliphatic heterocycles. The minimum atomic E-state index is 0.0545. The standard InChI is InChI=1S/C23H20N4O5S/c28-20(27-9-7-14(8-10-27)21-24-16-3-1-2-4-17(16)31-21)12-33-23-26-25-22(32-23)15-5-6-18-19(11-15)30-13-29-18/h1-6,11,14H,7-10,12-13H2. The first-order chi connectivity index (χ1) is 16.2. The van der Waals surface area contributed by atoms with Crippen LogP contribution in [0.5, 0.6) is 11.5 Å². The van der Waals surface area contributed by atoms with Crippen molar-refractivity contribution in [1.82, 2.24) is 20.1 Å². The molecule has 0 saturated carbocycles. The first kappa shape index (κ1) is 20.1. The van der Waals surface area contributed by atoms with Gasteiger partial charge in [-0.15, -0.1) is 10.2 Å². The van der Waals surface area contributed by atoms with Crippen LogP contribution in [-0.4, -0.2) is 51.6 Å². The van der Waals surface area contributed by atoms with Crippen molar-refractivity contribution in [3.63, 3.8) is 0 Å². The lowest BCUT2D eigenvalue weighted by molar-refractivity contribution is -0.129. The molecule has 2 aliphatic rings. The number of fused-ring (bicyclic) bond motifs is 2. The molecule has 4 aromatic rings. The van der Waals surface area contributed by atoms with Crippen molar-refractivity contribution < 1.29 is 23.1 Å². The van der Waals surface area contributed by atoms with Crippen LogP contribution in [0.25, 0.3) is 22.6 Å². The number of hydrogen-bond acceptors (Lipinski definition) is 9. The van der Waals surface area contributed by atoms with Gasteiger partial charge in [0.1, 0.15) is 5.52 Å². The Bertz CT molecular complexity index is 1280. The highest BCUT2D eigenvalue weighted by Gasteiger charge is 2.27. The zero-order valence-corrected chi connectivity index (χ0v) is 18.4. The lowest BCUT2D eigenvalue weighted by Crippen LogP contribution is -2.39. The maximum Gasteiger partial charge on any atom is 0.277 e. The van der Waals surface area contributed by atoms with E-state index in [1.165, 1.54) is 11.8 Å². The molecule has 0 bridgehead atoms. The van der Waals surface area contributed by atoms with E-state index in [0.717, 1.165) is 35.4 Å². The van der Waals surface area contributed by atoms with Crippen LogP contribution in [0.15, 0.2) is 56.5 Å². The van der Waals surface area contributed by atoms with Crippen molar-refractivity contribution in [2.24, 2.45) is 0 Å². The second-order valence-electron chi connectivity index (χ2n) is 7.90. The highest BCUT2D eigenvalue weighted by molar-refractivity contribution is 7.99. The van der Waals surface area contributed by atoms with Gasteiger partial charge in [-0.25, -0.2) is 4.98 Å². The summed E-state index contributed by atoms with van der Waals surface area (Å²) in [5.74, 6) is 3.01. The summed E-state index contributed by atoms with van der Waals surface area (Å²) in [6.45, 7) is 1.56. The highest BCUT2D eigenvalue weighted by atomic mass is 32.2. The molecular formula is C23H20N4O5S. The summed E-state index contributed by atoms with van der Waals surface area (Å²) in [5.41, 5.74) is 2.43. The zero-order valence-electron chi connectivity index (χ0n) is 17.6. The number of hydrogen-bond donors (Lipinski definition) is 0. The van der Waals surface area contributed by atoms with Crippen molar-refractivity contribution in [1.29, 1.82) is 0 Å². The van der Waals surface area contributed by atoms with E-state index in [2.05, 4.69) is 15.2 Å². The van der Waals surface area contributed by atoms with Crippen LogP contribution in [-0.2, 0) is 4.79 Å². The van der Waals surface area contributed by atoms with E-state index in [9.17, 15) is 4.79 Å². The number of rotatable bonds is 5. The van der Waals surface area contributed by atoms with Gasteiger partial charge in [0, 0.05) is 24.6 Å². The number of likely N-dealkylation sites (tertiary alicyclic amines) is 1. The monoisotopic (exact) mass is 464 g/mol. The first-order valence-electron chi connectivity index (χ1n) is 10.7. The van der Waals surface area contributed by atoms with Gasteiger partial charge in [-0.2, -0.15) is 0 Å². The summed E-state index contributed by atoms with van der Waals surface area (Å²) in [6, 6.07) is 13.2. The quantitative estimate of drug-likeness (QED) is 0.404. The number of thioether (sulfide) groups is 1. The molecule has 0 unspecified atom stereocenters. The van der Waals surface area contributed by atoms with Crippen LogP contribution in [0.4, 0.5) is 0 Å². The molecule has 10 heteroatoms. The van der Waals surface area contributed by atoms with Crippen LogP contribution < -0.4 is 9.47 Å². The predicted molar refractivity (Wildman–Crippen MR) is 119 cm³/mol. The minimum Gasteiger partial charge on any atom is -0.454 e. The van der Waals surface area contributed by atoms with Gasteiger partial charge in [0.05, 0.1) is 5.75 Å². The summed E-state index contributed by atoms with van der Waals surface area (Å²) < 4.78 is 22.3. The SMILES string of the molecule is O=C(CSc1nnc(-c2ccc3c(c2)OCO3)o1)N1CCC(c2nc3ccccc3o2)CC1. The van der Waals surface area contributed by atoms with E-state index < -0.39 is 0 Å². The number of amides is 1. The molecule has 0 N–H and O–H groups in total. The first-order valence-corrected chi connectivity index (χ1v) is 11.7. The van der Waals surface area contributed by atoms with Gasteiger partial charge in [0.2, 0.25) is 18.6 Å². The van der Waals surface area contributed by atoms with Crippen molar-refractivity contribution in [2.45, 2.75) is 24.0 Å². The Kier molecular flexibility index (Phi) is 5.14. The summed E-state index contributed by atoms with van der Waals surface area (Å²) in [5, 5.41) is 8.50. The Morgan fingerprint density at radius 2 is 1.88 bits per heavy atom. The number of aromatic nitrogens is 3. The molecule has 0 aliphatic carbocycles. The molecule has 9 nitrogen and oxygen atoms in total. The van der Waals surface area contributed by atoms with E-state index in [1.807, 2.05) is 41.3 Å². The molecule has 2 aromatic carbocycles. The zero-order chi connectivity index (χ0) is 22.2. The molecule has 1 fully saturated rings. The van der Waals surface area contributed by atoms with E-state index in [4.69, 9.17) is 18.3 Å². The minimum absolute atomic E-state index is 0.0545. The third-order valence-electron chi connectivity index (χ3n) is 5.85. The smallest absolute Gasteiger partial charge is 0.277 e. The molecule has 168 valence electrons. The maximum absolute atomic E-state index is 12.7. The Morgan fingerprint density at radius 1 is 1.03 bits per heavy atom. The average Bonchev–Trinajstić information content (AvgIpc) is 3.61. The van der Waals surface area contributed by atoms with Crippen LogP contribution in [0, 0.1) is 0 Å². The number of piperidine rings is 1. The van der Waals surface area contributed by atoms with Gasteiger partial charge in [-0.05, 0) is 43.2 Å². The molecule has 1 saturated heterocycles. The van der Waals surface area contributed by atoms with Crippen LogP contribution in [0.3, 0.4) is 0 Å². The number of carbonyl (C=O) groups is 1. The fourth-order valence-electron chi connectivity index (χ4n) is 4.07. The van der Waals surface area contributed by atoms with Crippen LogP contribution in [0.1, 0.15) is 24.7 Å². The predicted octanol–water partition coefficient (Wildman–Crippen LogP) is 4.10. The van der Waals surface area contributed by atoms with E-state index in [0.29, 0.717) is 35.7 Å². The third-order valence-corrected chi connectivity index (χ3v) is 6.66. The number of para-hydroxylation sites is 2. The molecule has 4 heterocycles. The molecule has 0 radical (unpaired) electrons. The summed E-state index contributed by atoms with van der Waals surface area (Å²) in [6.07, 6.45) is 1.66. The molecule has 2 aromatic heterocycles. The maximum atomic E-state index is 12.7. The van der Waals surface area contributed by atoms with E-state index in [1.54, 1.807) is 6.07 Å². The highest BCUT2D eigenvalue weighted by Crippen LogP contribution is 2.36. The lowest BCUT2D eigenvalue weighted by Gasteiger charge is -2.30. The molecule has 0 atom stereocenters. The van der Waals surface area contributed by atoms with Crippen molar-refractivity contribution >= 4 is 28.8 Å². The Morgan fingerprint density at radius 3 is 2.76 bits per heavy atom. The summed E-state index contributed by atoms with van der Waals surface area (Å²) >= 11 is 1.24. The molecular weight excluding hydrogens is 444 g/mol. The van der Waals surface area contributed by atoms with Crippen molar-refractivity contribution in [3.8, 4) is 23.0 Å². The van der Waals surface area contributed by atoms with Crippen LogP contribution >= 0.6 is 11.8 Å². The van der Waals surface area contributed by atoms with Gasteiger partial charge in [-0.3, -0.25) is 4.79 Å². The molecule has 1 amide bonds. The Balaban J connectivity index is 1.03. The molecule has 6 rings (SSSR count). The largest absolute Gasteiger partial charge is 0.454 e. The van der Waals surface area contributed by atoms with E-state index >= 15 is 0 Å². The third kappa shape index (κ3) is 4.02. The summed E-state index contributed by atoms with van der Waals surface area (Å²) in [4.78, 5) is 19.2. The van der Waals surface area contributed by atoms with Gasteiger partial charge in [0.15, 0.2) is 23.0 Å².